The van der Waals surface area contributed by atoms with E-state index < -0.39 is 0 Å². The zero-order valence-electron chi connectivity index (χ0n) is 15.6. The molecule has 3 heterocycles. The third-order valence-electron chi connectivity index (χ3n) is 5.12. The van der Waals surface area contributed by atoms with Crippen molar-refractivity contribution in [3.63, 3.8) is 0 Å². The van der Waals surface area contributed by atoms with Crippen molar-refractivity contribution >= 4 is 6.09 Å². The number of ether oxygens (including phenoxy) is 1. The Bertz CT molecular complexity index is 801. The molecule has 27 heavy (non-hydrogen) atoms. The molecule has 0 aliphatic carbocycles. The van der Waals surface area contributed by atoms with Gasteiger partial charge in [0.2, 0.25) is 0 Å². The molecule has 0 saturated heterocycles. The molecular formula is C21H25N3O3. The average molecular weight is 367 g/mol. The van der Waals surface area contributed by atoms with Crippen LogP contribution in [0, 0.1) is 0 Å². The van der Waals surface area contributed by atoms with Crippen LogP contribution < -0.4 is 0 Å². The van der Waals surface area contributed by atoms with E-state index >= 15 is 0 Å². The third-order valence-corrected chi connectivity index (χ3v) is 5.12. The first kappa shape index (κ1) is 17.7. The van der Waals surface area contributed by atoms with Crippen LogP contribution in [0.25, 0.3) is 0 Å². The van der Waals surface area contributed by atoms with E-state index in [2.05, 4.69) is 41.1 Å². The zero-order valence-corrected chi connectivity index (χ0v) is 15.6. The topological polar surface area (TPSA) is 49.2 Å². The number of nitrogens with zero attached hydrogens (tertiary/aromatic N) is 3. The Balaban J connectivity index is 1.37. The Morgan fingerprint density at radius 1 is 1.15 bits per heavy atom. The SMILES string of the molecule is CN1CN(Cc2ccccc2)CC2=C1CCN(C(=O)OCc1ccco1)C2. The Morgan fingerprint density at radius 2 is 2.00 bits per heavy atom. The number of rotatable bonds is 4. The zero-order chi connectivity index (χ0) is 18.6. The maximum Gasteiger partial charge on any atom is 0.410 e. The predicted molar refractivity (Wildman–Crippen MR) is 102 cm³/mol. The molecule has 0 N–H and O–H groups in total. The lowest BCUT2D eigenvalue weighted by atomic mass is 10.0. The smallest absolute Gasteiger partial charge is 0.410 e. The van der Waals surface area contributed by atoms with E-state index in [4.69, 9.17) is 9.15 Å². The van der Waals surface area contributed by atoms with E-state index in [0.717, 1.165) is 26.2 Å². The molecule has 4 rings (SSSR count). The van der Waals surface area contributed by atoms with Gasteiger partial charge in [0.1, 0.15) is 5.76 Å². The summed E-state index contributed by atoms with van der Waals surface area (Å²) in [7, 11) is 2.14. The summed E-state index contributed by atoms with van der Waals surface area (Å²) < 4.78 is 10.6. The highest BCUT2D eigenvalue weighted by atomic mass is 16.6. The van der Waals surface area contributed by atoms with Gasteiger partial charge in [-0.25, -0.2) is 4.79 Å². The summed E-state index contributed by atoms with van der Waals surface area (Å²) in [5.74, 6) is 0.659. The van der Waals surface area contributed by atoms with Crippen LogP contribution in [-0.4, -0.2) is 54.1 Å². The number of carbonyl (C=O) groups excluding carboxylic acids is 1. The Labute approximate surface area is 159 Å². The third kappa shape index (κ3) is 4.17. The maximum absolute atomic E-state index is 12.4. The molecule has 0 fully saturated rings. The van der Waals surface area contributed by atoms with Gasteiger partial charge in [0, 0.05) is 45.3 Å². The quantitative estimate of drug-likeness (QED) is 0.830. The van der Waals surface area contributed by atoms with Gasteiger partial charge in [0.25, 0.3) is 0 Å². The molecule has 2 aliphatic heterocycles. The molecule has 142 valence electrons. The minimum atomic E-state index is -0.277. The summed E-state index contributed by atoms with van der Waals surface area (Å²) in [5.41, 5.74) is 3.98. The molecule has 0 spiro atoms. The Morgan fingerprint density at radius 3 is 2.78 bits per heavy atom. The number of hydrogen-bond donors (Lipinski definition) is 0. The van der Waals surface area contributed by atoms with Crippen molar-refractivity contribution < 1.29 is 13.9 Å². The second-order valence-electron chi connectivity index (χ2n) is 7.17. The molecule has 6 nitrogen and oxygen atoms in total. The van der Waals surface area contributed by atoms with Crippen LogP contribution in [0.3, 0.4) is 0 Å². The maximum atomic E-state index is 12.4. The second kappa shape index (κ2) is 7.88. The summed E-state index contributed by atoms with van der Waals surface area (Å²) in [6.07, 6.45) is 2.18. The van der Waals surface area contributed by atoms with E-state index in [1.165, 1.54) is 16.8 Å². The number of benzene rings is 1. The van der Waals surface area contributed by atoms with Crippen molar-refractivity contribution in [1.82, 2.24) is 14.7 Å². The molecule has 2 aliphatic rings. The van der Waals surface area contributed by atoms with Crippen LogP contribution in [0.15, 0.2) is 64.4 Å². The largest absolute Gasteiger partial charge is 0.466 e. The molecule has 6 heteroatoms. The van der Waals surface area contributed by atoms with Crippen LogP contribution in [0.5, 0.6) is 0 Å². The van der Waals surface area contributed by atoms with Crippen molar-refractivity contribution in [2.45, 2.75) is 19.6 Å². The van der Waals surface area contributed by atoms with Crippen LogP contribution in [0.2, 0.25) is 0 Å². The van der Waals surface area contributed by atoms with E-state index in [1.54, 1.807) is 17.2 Å². The monoisotopic (exact) mass is 367 g/mol. The van der Waals surface area contributed by atoms with Gasteiger partial charge >= 0.3 is 6.09 Å². The van der Waals surface area contributed by atoms with Gasteiger partial charge in [-0.1, -0.05) is 30.3 Å². The number of hydrogen-bond acceptors (Lipinski definition) is 5. The molecule has 0 radical (unpaired) electrons. The first-order valence-corrected chi connectivity index (χ1v) is 9.31. The number of amides is 1. The summed E-state index contributed by atoms with van der Waals surface area (Å²) in [6.45, 7) is 4.20. The van der Waals surface area contributed by atoms with Crippen LogP contribution in [-0.2, 0) is 17.9 Å². The molecular weight excluding hydrogens is 342 g/mol. The predicted octanol–water partition coefficient (Wildman–Crippen LogP) is 3.28. The lowest BCUT2D eigenvalue weighted by Crippen LogP contribution is -2.48. The van der Waals surface area contributed by atoms with Crippen molar-refractivity contribution in [3.05, 3.63) is 71.3 Å². The number of furan rings is 1. The summed E-state index contributed by atoms with van der Waals surface area (Å²) in [5, 5.41) is 0. The minimum absolute atomic E-state index is 0.175. The second-order valence-corrected chi connectivity index (χ2v) is 7.17. The van der Waals surface area contributed by atoms with Gasteiger partial charge in [0.05, 0.1) is 12.9 Å². The molecule has 2 aromatic rings. The van der Waals surface area contributed by atoms with E-state index in [0.29, 0.717) is 18.8 Å². The van der Waals surface area contributed by atoms with Crippen LogP contribution in [0.4, 0.5) is 4.79 Å². The van der Waals surface area contributed by atoms with Crippen molar-refractivity contribution in [2.24, 2.45) is 0 Å². The lowest BCUT2D eigenvalue weighted by molar-refractivity contribution is 0.0822. The summed E-state index contributed by atoms with van der Waals surface area (Å²) in [6, 6.07) is 14.1. The van der Waals surface area contributed by atoms with E-state index in [-0.39, 0.29) is 12.7 Å². The summed E-state index contributed by atoms with van der Waals surface area (Å²) in [4.78, 5) is 18.9. The van der Waals surface area contributed by atoms with Crippen LogP contribution in [0.1, 0.15) is 17.7 Å². The highest BCUT2D eigenvalue weighted by Crippen LogP contribution is 2.27. The molecule has 1 amide bonds. The fourth-order valence-corrected chi connectivity index (χ4v) is 3.85. The highest BCUT2D eigenvalue weighted by Gasteiger charge is 2.30. The van der Waals surface area contributed by atoms with Crippen molar-refractivity contribution in [3.8, 4) is 0 Å². The Hall–Kier alpha value is -2.73. The lowest BCUT2D eigenvalue weighted by Gasteiger charge is -2.42. The van der Waals surface area contributed by atoms with Gasteiger partial charge in [-0.15, -0.1) is 0 Å². The van der Waals surface area contributed by atoms with Crippen molar-refractivity contribution in [1.29, 1.82) is 0 Å². The van der Waals surface area contributed by atoms with Gasteiger partial charge in [-0.05, 0) is 23.3 Å². The standard InChI is InChI=1S/C21H25N3O3/c1-22-16-23(12-17-6-3-2-4-7-17)13-18-14-24(10-9-20(18)22)21(25)27-15-19-8-5-11-26-19/h2-8,11H,9-10,12-16H2,1H3. The van der Waals surface area contributed by atoms with Gasteiger partial charge in [0.15, 0.2) is 6.61 Å². The fraction of sp³-hybridized carbons (Fsp3) is 0.381. The Kier molecular flexibility index (Phi) is 5.16. The first-order chi connectivity index (χ1) is 13.2. The molecule has 0 unspecified atom stereocenters. The minimum Gasteiger partial charge on any atom is -0.466 e. The molecule has 0 bridgehead atoms. The van der Waals surface area contributed by atoms with Gasteiger partial charge in [-0.2, -0.15) is 0 Å². The highest BCUT2D eigenvalue weighted by molar-refractivity contribution is 5.68. The van der Waals surface area contributed by atoms with E-state index in [1.807, 2.05) is 12.1 Å². The van der Waals surface area contributed by atoms with Gasteiger partial charge in [-0.3, -0.25) is 4.90 Å². The normalized spacial score (nSPS) is 17.8. The molecule has 0 saturated carbocycles. The van der Waals surface area contributed by atoms with Crippen molar-refractivity contribution in [2.75, 3.05) is 33.4 Å². The van der Waals surface area contributed by atoms with Crippen LogP contribution >= 0.6 is 0 Å². The van der Waals surface area contributed by atoms with E-state index in [9.17, 15) is 4.79 Å². The first-order valence-electron chi connectivity index (χ1n) is 9.31. The fourth-order valence-electron chi connectivity index (χ4n) is 3.85. The molecule has 1 aromatic heterocycles. The van der Waals surface area contributed by atoms with Gasteiger partial charge < -0.3 is 19.0 Å². The molecule has 0 atom stereocenters. The molecule has 1 aromatic carbocycles. The number of carbonyl (C=O) groups is 1. The summed E-state index contributed by atoms with van der Waals surface area (Å²) >= 11 is 0. The average Bonchev–Trinajstić information content (AvgIpc) is 3.20.